The molecule has 3 heterocycles. The maximum atomic E-state index is 13.1. The number of aromatic nitrogens is 2. The van der Waals surface area contributed by atoms with Crippen molar-refractivity contribution in [3.8, 4) is 5.75 Å². The summed E-state index contributed by atoms with van der Waals surface area (Å²) < 4.78 is 32.4. The second kappa shape index (κ2) is 7.71. The first-order valence-electron chi connectivity index (χ1n) is 9.24. The van der Waals surface area contributed by atoms with Gasteiger partial charge < -0.3 is 15.4 Å². The molecule has 0 saturated carbocycles. The largest absolute Gasteiger partial charge is 0.505 e. The number of hydrogen-bond acceptors (Lipinski definition) is 6. The van der Waals surface area contributed by atoms with Crippen molar-refractivity contribution in [2.45, 2.75) is 18.9 Å². The maximum Gasteiger partial charge on any atom is 0.265 e. The van der Waals surface area contributed by atoms with Gasteiger partial charge in [-0.2, -0.15) is 10.6 Å². The van der Waals surface area contributed by atoms with Crippen molar-refractivity contribution in [2.75, 3.05) is 11.5 Å². The second-order valence-electron chi connectivity index (χ2n) is 7.35. The van der Waals surface area contributed by atoms with Crippen LogP contribution in [0.1, 0.15) is 27.9 Å². The van der Waals surface area contributed by atoms with Crippen LogP contribution in [0.2, 0.25) is 0 Å². The molecule has 3 aromatic rings. The van der Waals surface area contributed by atoms with Crippen LogP contribution in [-0.2, 0) is 6.42 Å². The Morgan fingerprint density at radius 2 is 2.00 bits per heavy atom. The zero-order valence-corrected chi connectivity index (χ0v) is 16.6. The lowest BCUT2D eigenvalue weighted by atomic mass is 10.1. The number of carbonyl (C=O) groups is 1. The molecule has 1 aliphatic rings. The average molecular weight is 433 g/mol. The smallest absolute Gasteiger partial charge is 0.265 e. The molecule has 1 unspecified atom stereocenters. The highest BCUT2D eigenvalue weighted by molar-refractivity contribution is 8.24. The Balaban J connectivity index is 1.61. The Labute approximate surface area is 172 Å². The Hall–Kier alpha value is -2.95. The monoisotopic (exact) mass is 433 g/mol. The number of fused-ring (bicyclic) bond motifs is 1. The SMILES string of the molecule is O=C(NC1CCS(O)(O)C1)c1c(O)c2ncc(Cc3ccc(F)cc3)cc2[nH]c1=O. The summed E-state index contributed by atoms with van der Waals surface area (Å²) in [4.78, 5) is 31.7. The number of carbonyl (C=O) groups excluding carboxylic acids is 1. The van der Waals surface area contributed by atoms with Gasteiger partial charge in [-0.25, -0.2) is 4.39 Å². The highest BCUT2D eigenvalue weighted by Gasteiger charge is 2.31. The second-order valence-corrected chi connectivity index (χ2v) is 9.70. The molecule has 1 aromatic carbocycles. The lowest BCUT2D eigenvalue weighted by molar-refractivity contribution is 0.0937. The number of aromatic hydroxyl groups is 1. The van der Waals surface area contributed by atoms with E-state index in [9.17, 15) is 28.2 Å². The molecule has 1 amide bonds. The molecule has 1 aliphatic heterocycles. The number of H-pyrrole nitrogens is 1. The minimum absolute atomic E-state index is 0.0238. The summed E-state index contributed by atoms with van der Waals surface area (Å²) in [6.45, 7) is 0. The van der Waals surface area contributed by atoms with E-state index < -0.39 is 39.4 Å². The van der Waals surface area contributed by atoms with E-state index >= 15 is 0 Å². The number of nitrogens with zero attached hydrogens (tertiary/aromatic N) is 1. The molecule has 0 aliphatic carbocycles. The highest BCUT2D eigenvalue weighted by atomic mass is 32.3. The summed E-state index contributed by atoms with van der Waals surface area (Å²) in [5.41, 5.74) is 0.676. The number of rotatable bonds is 4. The Morgan fingerprint density at radius 3 is 2.67 bits per heavy atom. The number of amides is 1. The van der Waals surface area contributed by atoms with Gasteiger partial charge in [0, 0.05) is 18.0 Å². The molecular weight excluding hydrogens is 413 g/mol. The molecule has 0 radical (unpaired) electrons. The molecule has 10 heteroatoms. The molecule has 4 rings (SSSR count). The summed E-state index contributed by atoms with van der Waals surface area (Å²) in [5.74, 6) is -1.45. The van der Waals surface area contributed by atoms with Crippen molar-refractivity contribution in [1.82, 2.24) is 15.3 Å². The van der Waals surface area contributed by atoms with Crippen LogP contribution >= 0.6 is 10.6 Å². The minimum atomic E-state index is -2.71. The first-order valence-corrected chi connectivity index (χ1v) is 11.1. The van der Waals surface area contributed by atoms with Gasteiger partial charge in [0.15, 0.2) is 5.75 Å². The number of benzene rings is 1. The molecule has 2 aromatic heterocycles. The van der Waals surface area contributed by atoms with Gasteiger partial charge in [0.1, 0.15) is 16.9 Å². The van der Waals surface area contributed by atoms with E-state index in [4.69, 9.17) is 0 Å². The van der Waals surface area contributed by atoms with Crippen LogP contribution in [0, 0.1) is 5.82 Å². The third kappa shape index (κ3) is 4.16. The normalized spacial score (nSPS) is 19.0. The zero-order chi connectivity index (χ0) is 21.5. The van der Waals surface area contributed by atoms with E-state index in [1.54, 1.807) is 18.2 Å². The van der Waals surface area contributed by atoms with E-state index in [2.05, 4.69) is 15.3 Å². The Morgan fingerprint density at radius 1 is 1.27 bits per heavy atom. The molecule has 1 saturated heterocycles. The third-order valence-electron chi connectivity index (χ3n) is 5.03. The number of hydrogen-bond donors (Lipinski definition) is 5. The van der Waals surface area contributed by atoms with Gasteiger partial charge in [-0.1, -0.05) is 12.1 Å². The average Bonchev–Trinajstić information content (AvgIpc) is 3.01. The fourth-order valence-corrected chi connectivity index (χ4v) is 5.26. The van der Waals surface area contributed by atoms with Crippen molar-refractivity contribution < 1.29 is 23.4 Å². The topological polar surface area (TPSA) is 136 Å². The van der Waals surface area contributed by atoms with Crippen LogP contribution in [0.5, 0.6) is 5.75 Å². The lowest BCUT2D eigenvalue weighted by Gasteiger charge is -2.26. The van der Waals surface area contributed by atoms with E-state index in [1.165, 1.54) is 18.3 Å². The quantitative estimate of drug-likeness (QED) is 0.429. The minimum Gasteiger partial charge on any atom is -0.505 e. The van der Waals surface area contributed by atoms with Crippen LogP contribution in [0.4, 0.5) is 4.39 Å². The lowest BCUT2D eigenvalue weighted by Crippen LogP contribution is -2.38. The van der Waals surface area contributed by atoms with Crippen LogP contribution in [0.25, 0.3) is 11.0 Å². The summed E-state index contributed by atoms with van der Waals surface area (Å²) in [6.07, 6.45) is 2.34. The fourth-order valence-electron chi connectivity index (χ4n) is 3.54. The number of halogens is 1. The molecule has 158 valence electrons. The summed E-state index contributed by atoms with van der Waals surface area (Å²) in [6, 6.07) is 7.15. The molecule has 0 spiro atoms. The van der Waals surface area contributed by atoms with E-state index in [-0.39, 0.29) is 28.4 Å². The molecule has 1 fully saturated rings. The van der Waals surface area contributed by atoms with Crippen molar-refractivity contribution in [2.24, 2.45) is 0 Å². The van der Waals surface area contributed by atoms with Crippen LogP contribution in [0.15, 0.2) is 41.3 Å². The standard InChI is InChI=1S/C20H20FN3O5S/c21-13-3-1-11(2-4-13)7-12-8-15-17(22-9-12)18(25)16(20(27)24-15)19(26)23-14-5-6-30(28,29)10-14/h1-4,8-9,14,28-29H,5-7,10H2,(H,23,26)(H2,24,25,27). The Bertz CT molecular complexity index is 1180. The van der Waals surface area contributed by atoms with Gasteiger partial charge >= 0.3 is 0 Å². The van der Waals surface area contributed by atoms with Gasteiger partial charge in [-0.3, -0.25) is 23.7 Å². The van der Waals surface area contributed by atoms with Gasteiger partial charge in [-0.05, 0) is 42.2 Å². The number of nitrogens with one attached hydrogen (secondary N) is 2. The molecular formula is C20H20FN3O5S. The van der Waals surface area contributed by atoms with Gasteiger partial charge in [0.25, 0.3) is 11.5 Å². The number of pyridine rings is 2. The number of aromatic amines is 1. The predicted molar refractivity (Wildman–Crippen MR) is 112 cm³/mol. The molecule has 8 nitrogen and oxygen atoms in total. The van der Waals surface area contributed by atoms with Gasteiger partial charge in [0.2, 0.25) is 0 Å². The first kappa shape index (κ1) is 20.3. The van der Waals surface area contributed by atoms with Crippen LogP contribution in [-0.4, -0.2) is 47.6 Å². The predicted octanol–water partition coefficient (Wildman–Crippen LogP) is 2.61. The first-order chi connectivity index (χ1) is 14.2. The summed E-state index contributed by atoms with van der Waals surface area (Å²) in [5, 5.41) is 13.1. The van der Waals surface area contributed by atoms with Crippen molar-refractivity contribution >= 4 is 27.5 Å². The molecule has 1 atom stereocenters. The molecule has 0 bridgehead atoms. The van der Waals surface area contributed by atoms with Gasteiger partial charge in [-0.15, -0.1) is 0 Å². The van der Waals surface area contributed by atoms with Crippen molar-refractivity contribution in [1.29, 1.82) is 0 Å². The highest BCUT2D eigenvalue weighted by Crippen LogP contribution is 2.45. The van der Waals surface area contributed by atoms with Crippen molar-refractivity contribution in [3.63, 3.8) is 0 Å². The van der Waals surface area contributed by atoms with E-state index in [0.717, 1.165) is 11.1 Å². The summed E-state index contributed by atoms with van der Waals surface area (Å²) >= 11 is 0. The molecule has 5 N–H and O–H groups in total. The van der Waals surface area contributed by atoms with Gasteiger partial charge in [0.05, 0.1) is 11.3 Å². The summed E-state index contributed by atoms with van der Waals surface area (Å²) in [7, 11) is -2.71. The third-order valence-corrected chi connectivity index (χ3v) is 6.85. The van der Waals surface area contributed by atoms with Crippen molar-refractivity contribution in [3.05, 3.63) is 69.4 Å². The van der Waals surface area contributed by atoms with Crippen LogP contribution < -0.4 is 10.9 Å². The fraction of sp³-hybridized carbons (Fsp3) is 0.250. The Kier molecular flexibility index (Phi) is 5.22. The maximum absolute atomic E-state index is 13.1. The van der Waals surface area contributed by atoms with E-state index in [0.29, 0.717) is 12.8 Å². The molecule has 30 heavy (non-hydrogen) atoms. The van der Waals surface area contributed by atoms with E-state index in [1.807, 2.05) is 0 Å². The zero-order valence-electron chi connectivity index (χ0n) is 15.8. The van der Waals surface area contributed by atoms with Crippen LogP contribution in [0.3, 0.4) is 0 Å².